The summed E-state index contributed by atoms with van der Waals surface area (Å²) >= 11 is 0. The van der Waals surface area contributed by atoms with Crippen molar-refractivity contribution in [3.8, 4) is 0 Å². The third kappa shape index (κ3) is 2.64. The lowest BCUT2D eigenvalue weighted by Gasteiger charge is -2.33. The van der Waals surface area contributed by atoms with Gasteiger partial charge in [-0.25, -0.2) is 0 Å². The van der Waals surface area contributed by atoms with Crippen molar-refractivity contribution in [2.45, 2.75) is 25.8 Å². The summed E-state index contributed by atoms with van der Waals surface area (Å²) in [6, 6.07) is 16.0. The molecular formula is C18H20N2O. The number of benzene rings is 2. The van der Waals surface area contributed by atoms with Crippen molar-refractivity contribution >= 4 is 11.6 Å². The van der Waals surface area contributed by atoms with Gasteiger partial charge in [0.2, 0.25) is 5.91 Å². The van der Waals surface area contributed by atoms with Gasteiger partial charge in [-0.3, -0.25) is 4.79 Å². The molecule has 3 heteroatoms. The quantitative estimate of drug-likeness (QED) is 0.875. The molecule has 0 saturated heterocycles. The van der Waals surface area contributed by atoms with Crippen LogP contribution in [0.1, 0.15) is 29.5 Å². The molecule has 1 unspecified atom stereocenters. The normalized spacial score (nSPS) is 16.0. The first-order valence-electron chi connectivity index (χ1n) is 7.40. The van der Waals surface area contributed by atoms with Crippen molar-refractivity contribution in [2.75, 3.05) is 12.3 Å². The Balaban J connectivity index is 1.74. The van der Waals surface area contributed by atoms with Crippen LogP contribution in [-0.4, -0.2) is 17.4 Å². The summed E-state index contributed by atoms with van der Waals surface area (Å²) in [5, 5.41) is 0. The van der Waals surface area contributed by atoms with Gasteiger partial charge in [0.05, 0.1) is 5.92 Å². The van der Waals surface area contributed by atoms with E-state index in [1.165, 1.54) is 11.1 Å². The Morgan fingerprint density at radius 3 is 2.76 bits per heavy atom. The molecule has 1 atom stereocenters. The van der Waals surface area contributed by atoms with Gasteiger partial charge in [-0.05, 0) is 42.2 Å². The van der Waals surface area contributed by atoms with E-state index in [9.17, 15) is 4.79 Å². The van der Waals surface area contributed by atoms with Gasteiger partial charge in [-0.2, -0.15) is 0 Å². The third-order valence-corrected chi connectivity index (χ3v) is 4.17. The fourth-order valence-electron chi connectivity index (χ4n) is 2.96. The van der Waals surface area contributed by atoms with Crippen LogP contribution in [0.5, 0.6) is 0 Å². The Labute approximate surface area is 125 Å². The number of carbonyl (C=O) groups excluding carboxylic acids is 1. The van der Waals surface area contributed by atoms with E-state index in [0.717, 1.165) is 17.7 Å². The molecule has 2 aromatic rings. The third-order valence-electron chi connectivity index (χ3n) is 4.17. The molecule has 0 heterocycles. The van der Waals surface area contributed by atoms with Gasteiger partial charge in [0.1, 0.15) is 0 Å². The highest BCUT2D eigenvalue weighted by atomic mass is 16.2. The summed E-state index contributed by atoms with van der Waals surface area (Å²) in [6.45, 7) is 3.36. The fourth-order valence-corrected chi connectivity index (χ4v) is 2.96. The molecule has 0 radical (unpaired) electrons. The molecule has 0 aromatic heterocycles. The van der Waals surface area contributed by atoms with Gasteiger partial charge in [0.15, 0.2) is 0 Å². The molecular weight excluding hydrogens is 260 g/mol. The van der Waals surface area contributed by atoms with Gasteiger partial charge in [-0.15, -0.1) is 0 Å². The average Bonchev–Trinajstić information content (AvgIpc) is 2.46. The van der Waals surface area contributed by atoms with Crippen LogP contribution in [0.3, 0.4) is 0 Å². The second-order valence-corrected chi connectivity index (χ2v) is 5.55. The molecule has 21 heavy (non-hydrogen) atoms. The van der Waals surface area contributed by atoms with E-state index in [-0.39, 0.29) is 11.8 Å². The summed E-state index contributed by atoms with van der Waals surface area (Å²) < 4.78 is 0. The lowest BCUT2D eigenvalue weighted by Crippen LogP contribution is -2.38. The molecule has 1 aliphatic rings. The molecule has 0 aliphatic heterocycles. The molecule has 1 aliphatic carbocycles. The van der Waals surface area contributed by atoms with Crippen LogP contribution in [0.4, 0.5) is 5.69 Å². The van der Waals surface area contributed by atoms with Gasteiger partial charge in [-0.1, -0.05) is 36.4 Å². The summed E-state index contributed by atoms with van der Waals surface area (Å²) in [7, 11) is 0. The second-order valence-electron chi connectivity index (χ2n) is 5.55. The largest absolute Gasteiger partial charge is 0.399 e. The number of rotatable bonds is 4. The number of hydrogen-bond acceptors (Lipinski definition) is 2. The van der Waals surface area contributed by atoms with Crippen molar-refractivity contribution in [1.29, 1.82) is 0 Å². The molecule has 0 spiro atoms. The van der Waals surface area contributed by atoms with E-state index < -0.39 is 0 Å². The molecule has 1 amide bonds. The van der Waals surface area contributed by atoms with Gasteiger partial charge < -0.3 is 10.6 Å². The molecule has 0 saturated carbocycles. The Bertz CT molecular complexity index is 666. The average molecular weight is 280 g/mol. The van der Waals surface area contributed by atoms with E-state index >= 15 is 0 Å². The Hall–Kier alpha value is -2.29. The van der Waals surface area contributed by atoms with Crippen LogP contribution in [0.2, 0.25) is 0 Å². The lowest BCUT2D eigenvalue weighted by molar-refractivity contribution is -0.133. The minimum atomic E-state index is 0.0298. The van der Waals surface area contributed by atoms with Crippen LogP contribution in [0.15, 0.2) is 48.5 Å². The van der Waals surface area contributed by atoms with Crippen molar-refractivity contribution in [1.82, 2.24) is 4.90 Å². The highest BCUT2D eigenvalue weighted by molar-refractivity contribution is 5.87. The van der Waals surface area contributed by atoms with Crippen molar-refractivity contribution in [2.24, 2.45) is 0 Å². The van der Waals surface area contributed by atoms with Gasteiger partial charge in [0.25, 0.3) is 0 Å². The Kier molecular flexibility index (Phi) is 3.65. The first-order chi connectivity index (χ1) is 10.2. The minimum absolute atomic E-state index is 0.0298. The summed E-state index contributed by atoms with van der Waals surface area (Å²) in [4.78, 5) is 14.6. The SMILES string of the molecule is CCN(Cc1cccc(N)c1)C(=O)C1Cc2ccccc21. The van der Waals surface area contributed by atoms with E-state index in [4.69, 9.17) is 5.73 Å². The summed E-state index contributed by atoms with van der Waals surface area (Å²) in [5.74, 6) is 0.251. The van der Waals surface area contributed by atoms with E-state index in [0.29, 0.717) is 13.1 Å². The smallest absolute Gasteiger partial charge is 0.230 e. The zero-order valence-corrected chi connectivity index (χ0v) is 12.3. The minimum Gasteiger partial charge on any atom is -0.399 e. The maximum atomic E-state index is 12.7. The summed E-state index contributed by atoms with van der Waals surface area (Å²) in [5.41, 5.74) is 10.1. The lowest BCUT2D eigenvalue weighted by atomic mass is 9.77. The van der Waals surface area contributed by atoms with Crippen LogP contribution in [0.25, 0.3) is 0 Å². The number of anilines is 1. The Morgan fingerprint density at radius 1 is 1.24 bits per heavy atom. The number of nitrogen functional groups attached to an aromatic ring is 1. The predicted molar refractivity (Wildman–Crippen MR) is 84.8 cm³/mol. The monoisotopic (exact) mass is 280 g/mol. The molecule has 0 bridgehead atoms. The highest BCUT2D eigenvalue weighted by Gasteiger charge is 2.34. The molecule has 3 nitrogen and oxygen atoms in total. The second kappa shape index (κ2) is 5.60. The van der Waals surface area contributed by atoms with Gasteiger partial charge >= 0.3 is 0 Å². The fraction of sp³-hybridized carbons (Fsp3) is 0.278. The summed E-state index contributed by atoms with van der Waals surface area (Å²) in [6.07, 6.45) is 0.864. The van der Waals surface area contributed by atoms with Crippen LogP contribution in [-0.2, 0) is 17.8 Å². The van der Waals surface area contributed by atoms with Crippen molar-refractivity contribution in [3.63, 3.8) is 0 Å². The first kappa shape index (κ1) is 13.7. The number of amides is 1. The van der Waals surface area contributed by atoms with Crippen molar-refractivity contribution < 1.29 is 4.79 Å². The Morgan fingerprint density at radius 2 is 2.05 bits per heavy atom. The van der Waals surface area contributed by atoms with Gasteiger partial charge in [0, 0.05) is 18.8 Å². The number of nitrogens with zero attached hydrogens (tertiary/aromatic N) is 1. The zero-order valence-electron chi connectivity index (χ0n) is 12.3. The van der Waals surface area contributed by atoms with Crippen LogP contribution < -0.4 is 5.73 Å². The zero-order chi connectivity index (χ0) is 14.8. The number of carbonyl (C=O) groups is 1. The maximum Gasteiger partial charge on any atom is 0.230 e. The van der Waals surface area contributed by atoms with Crippen LogP contribution >= 0.6 is 0 Å². The van der Waals surface area contributed by atoms with E-state index in [1.807, 2.05) is 48.2 Å². The number of hydrogen-bond donors (Lipinski definition) is 1. The highest BCUT2D eigenvalue weighted by Crippen LogP contribution is 2.36. The van der Waals surface area contributed by atoms with E-state index in [1.54, 1.807) is 0 Å². The number of likely N-dealkylation sites (N-methyl/N-ethyl adjacent to an activating group) is 1. The topological polar surface area (TPSA) is 46.3 Å². The molecule has 0 fully saturated rings. The molecule has 3 rings (SSSR count). The predicted octanol–water partition coefficient (Wildman–Crippen LogP) is 2.96. The number of nitrogens with two attached hydrogens (primary N) is 1. The van der Waals surface area contributed by atoms with Crippen molar-refractivity contribution in [3.05, 3.63) is 65.2 Å². The standard InChI is InChI=1S/C18H20N2O/c1-2-20(12-13-6-5-8-15(19)10-13)18(21)17-11-14-7-3-4-9-16(14)17/h3-10,17H,2,11-12,19H2,1H3. The maximum absolute atomic E-state index is 12.7. The van der Waals surface area contributed by atoms with E-state index in [2.05, 4.69) is 12.1 Å². The number of fused-ring (bicyclic) bond motifs is 1. The van der Waals surface area contributed by atoms with Crippen LogP contribution in [0, 0.1) is 0 Å². The molecule has 2 N–H and O–H groups in total. The molecule has 108 valence electrons. The molecule has 2 aromatic carbocycles. The first-order valence-corrected chi connectivity index (χ1v) is 7.40.